The van der Waals surface area contributed by atoms with Crippen molar-refractivity contribution < 1.29 is 5.11 Å². The average molecular weight is 417 g/mol. The van der Waals surface area contributed by atoms with Crippen LogP contribution in [0.4, 0.5) is 0 Å². The molecule has 2 aromatic rings. The molecule has 6 rings (SSSR count). The number of rotatable bonds is 1. The van der Waals surface area contributed by atoms with Gasteiger partial charge in [0, 0.05) is 17.5 Å². The van der Waals surface area contributed by atoms with Crippen molar-refractivity contribution >= 4 is 0 Å². The highest BCUT2D eigenvalue weighted by molar-refractivity contribution is 5.55. The highest BCUT2D eigenvalue weighted by Gasteiger charge is 2.63. The minimum absolute atomic E-state index is 0.109. The molecule has 164 valence electrons. The molecule has 4 aliphatic carbocycles. The molecule has 31 heavy (non-hydrogen) atoms. The van der Waals surface area contributed by atoms with Gasteiger partial charge in [-0.05, 0) is 98.4 Å². The number of benzene rings is 1. The van der Waals surface area contributed by atoms with Crippen LogP contribution in [0.5, 0.6) is 0 Å². The molecular weight excluding hydrogens is 380 g/mol. The van der Waals surface area contributed by atoms with Crippen LogP contribution in [0.2, 0.25) is 0 Å². The zero-order valence-corrected chi connectivity index (χ0v) is 19.3. The Morgan fingerprint density at radius 3 is 2.52 bits per heavy atom. The fraction of sp³-hybridized carbons (Fsp3) is 0.643. The van der Waals surface area contributed by atoms with Gasteiger partial charge in [-0.25, -0.2) is 9.97 Å². The highest BCUT2D eigenvalue weighted by atomic mass is 16.3. The van der Waals surface area contributed by atoms with Crippen molar-refractivity contribution in [1.82, 2.24) is 9.97 Å². The summed E-state index contributed by atoms with van der Waals surface area (Å²) in [4.78, 5) is 9.82. The molecule has 4 aliphatic rings. The van der Waals surface area contributed by atoms with Gasteiger partial charge in [0.05, 0.1) is 5.60 Å². The summed E-state index contributed by atoms with van der Waals surface area (Å²) in [5.74, 6) is 3.85. The number of fused-ring (bicyclic) bond motifs is 6. The van der Waals surface area contributed by atoms with Gasteiger partial charge in [0.15, 0.2) is 5.82 Å². The van der Waals surface area contributed by atoms with Crippen LogP contribution in [-0.2, 0) is 12.8 Å². The van der Waals surface area contributed by atoms with Crippen molar-refractivity contribution in [3.8, 4) is 11.4 Å². The molecule has 1 aromatic heterocycles. The van der Waals surface area contributed by atoms with Crippen molar-refractivity contribution in [3.63, 3.8) is 0 Å². The second-order valence-corrected chi connectivity index (χ2v) is 11.8. The maximum absolute atomic E-state index is 11.2. The fourth-order valence-electron chi connectivity index (χ4n) is 8.53. The van der Waals surface area contributed by atoms with E-state index in [4.69, 9.17) is 9.97 Å². The zero-order valence-electron chi connectivity index (χ0n) is 19.3. The second-order valence-electron chi connectivity index (χ2n) is 11.8. The summed E-state index contributed by atoms with van der Waals surface area (Å²) < 4.78 is 0. The lowest BCUT2D eigenvalue weighted by molar-refractivity contribution is -0.139. The number of hydrogen-bond donors (Lipinski definition) is 1. The number of hydrogen-bond acceptors (Lipinski definition) is 3. The number of nitrogens with zero attached hydrogens (tertiary/aromatic N) is 2. The minimum atomic E-state index is -0.485. The molecule has 0 saturated heterocycles. The smallest absolute Gasteiger partial charge is 0.159 e. The molecule has 1 N–H and O–H groups in total. The van der Waals surface area contributed by atoms with Crippen molar-refractivity contribution in [1.29, 1.82) is 0 Å². The van der Waals surface area contributed by atoms with Gasteiger partial charge in [-0.1, -0.05) is 44.2 Å². The lowest BCUT2D eigenvalue weighted by atomic mass is 9.44. The molecule has 3 heteroatoms. The lowest BCUT2D eigenvalue weighted by Gasteiger charge is -2.61. The van der Waals surface area contributed by atoms with E-state index in [0.717, 1.165) is 48.4 Å². The van der Waals surface area contributed by atoms with Crippen LogP contribution < -0.4 is 0 Å². The zero-order chi connectivity index (χ0) is 21.4. The normalized spacial score (nSPS) is 43.5. The predicted molar refractivity (Wildman–Crippen MR) is 123 cm³/mol. The topological polar surface area (TPSA) is 46.0 Å². The third-order valence-corrected chi connectivity index (χ3v) is 10.6. The Morgan fingerprint density at radius 1 is 0.935 bits per heavy atom. The van der Waals surface area contributed by atoms with E-state index in [2.05, 4.69) is 51.2 Å². The van der Waals surface area contributed by atoms with E-state index in [0.29, 0.717) is 11.3 Å². The molecule has 1 aromatic carbocycles. The molecule has 3 nitrogen and oxygen atoms in total. The first-order chi connectivity index (χ1) is 14.8. The molecule has 0 bridgehead atoms. The van der Waals surface area contributed by atoms with Gasteiger partial charge >= 0.3 is 0 Å². The Bertz CT molecular complexity index is 1000. The van der Waals surface area contributed by atoms with E-state index >= 15 is 0 Å². The van der Waals surface area contributed by atoms with E-state index in [-0.39, 0.29) is 5.41 Å². The van der Waals surface area contributed by atoms with Gasteiger partial charge in [-0.2, -0.15) is 0 Å². The summed E-state index contributed by atoms with van der Waals surface area (Å²) in [6.45, 7) is 7.09. The standard InChI is InChI=1S/C28H36N2O/c1-26-16-19-17-29-25(18-7-5-4-6-8-18)30-24(19)15-20(26)9-10-21-22(26)11-13-27(2)23(21)12-14-28(27,3)31/h4-8,17,20-23,31H,9-16H2,1-3H3. The molecular formula is C28H36N2O. The van der Waals surface area contributed by atoms with Gasteiger partial charge < -0.3 is 5.11 Å². The Morgan fingerprint density at radius 2 is 1.71 bits per heavy atom. The van der Waals surface area contributed by atoms with Crippen molar-refractivity contribution in [2.45, 2.75) is 77.7 Å². The molecule has 1 heterocycles. The minimum Gasteiger partial charge on any atom is -0.390 e. The van der Waals surface area contributed by atoms with Gasteiger partial charge in [-0.15, -0.1) is 0 Å². The molecule has 0 aliphatic heterocycles. The first-order valence-electron chi connectivity index (χ1n) is 12.4. The highest BCUT2D eigenvalue weighted by Crippen LogP contribution is 2.67. The van der Waals surface area contributed by atoms with E-state index in [1.54, 1.807) is 0 Å². The molecule has 0 amide bonds. The first-order valence-corrected chi connectivity index (χ1v) is 12.4. The van der Waals surface area contributed by atoms with Crippen molar-refractivity contribution in [2.75, 3.05) is 0 Å². The second kappa shape index (κ2) is 6.63. The molecule has 7 atom stereocenters. The van der Waals surface area contributed by atoms with Crippen LogP contribution in [0.25, 0.3) is 11.4 Å². The van der Waals surface area contributed by atoms with E-state index in [1.165, 1.54) is 43.4 Å². The van der Waals surface area contributed by atoms with E-state index in [9.17, 15) is 5.11 Å². The Hall–Kier alpha value is -1.74. The summed E-state index contributed by atoms with van der Waals surface area (Å²) >= 11 is 0. The van der Waals surface area contributed by atoms with Crippen molar-refractivity contribution in [3.05, 3.63) is 47.8 Å². The van der Waals surface area contributed by atoms with Crippen LogP contribution >= 0.6 is 0 Å². The summed E-state index contributed by atoms with van der Waals surface area (Å²) in [5.41, 5.74) is 3.76. The monoisotopic (exact) mass is 416 g/mol. The summed E-state index contributed by atoms with van der Waals surface area (Å²) in [5, 5.41) is 11.2. The summed E-state index contributed by atoms with van der Waals surface area (Å²) in [6, 6.07) is 10.4. The molecule has 0 spiro atoms. The number of aliphatic hydroxyl groups is 1. The van der Waals surface area contributed by atoms with Gasteiger partial charge in [0.1, 0.15) is 0 Å². The van der Waals surface area contributed by atoms with Crippen molar-refractivity contribution in [2.24, 2.45) is 34.5 Å². The van der Waals surface area contributed by atoms with Crippen LogP contribution in [0.1, 0.15) is 70.6 Å². The van der Waals surface area contributed by atoms with Gasteiger partial charge in [-0.3, -0.25) is 0 Å². The maximum Gasteiger partial charge on any atom is 0.159 e. The Kier molecular flexibility index (Phi) is 4.26. The van der Waals surface area contributed by atoms with Gasteiger partial charge in [0.2, 0.25) is 0 Å². The molecule has 3 saturated carbocycles. The summed E-state index contributed by atoms with van der Waals surface area (Å²) in [6.07, 6.45) is 11.7. The molecule has 7 unspecified atom stereocenters. The summed E-state index contributed by atoms with van der Waals surface area (Å²) in [7, 11) is 0. The largest absolute Gasteiger partial charge is 0.390 e. The van der Waals surface area contributed by atoms with E-state index < -0.39 is 5.60 Å². The maximum atomic E-state index is 11.2. The molecule has 3 fully saturated rings. The third kappa shape index (κ3) is 2.74. The predicted octanol–water partition coefficient (Wildman–Crippen LogP) is 5.85. The first kappa shape index (κ1) is 19.9. The average Bonchev–Trinajstić information content (AvgIpc) is 3.01. The van der Waals surface area contributed by atoms with Crippen LogP contribution in [0.15, 0.2) is 36.5 Å². The Balaban J connectivity index is 1.32. The Labute approximate surface area is 186 Å². The lowest BCUT2D eigenvalue weighted by Crippen LogP contribution is -2.56. The quantitative estimate of drug-likeness (QED) is 0.634. The third-order valence-electron chi connectivity index (χ3n) is 10.6. The molecule has 0 radical (unpaired) electrons. The number of aromatic nitrogens is 2. The van der Waals surface area contributed by atoms with Crippen LogP contribution in [0.3, 0.4) is 0 Å². The SMILES string of the molecule is CC12Cc3cnc(-c4ccccc4)nc3CC1CCC1C2CCC2(C)C1CCC2(C)O. The van der Waals surface area contributed by atoms with Gasteiger partial charge in [0.25, 0.3) is 0 Å². The fourth-order valence-corrected chi connectivity index (χ4v) is 8.53. The van der Waals surface area contributed by atoms with E-state index in [1.807, 2.05) is 6.07 Å². The van der Waals surface area contributed by atoms with Crippen LogP contribution in [-0.4, -0.2) is 20.7 Å². The van der Waals surface area contributed by atoms with Crippen LogP contribution in [0, 0.1) is 34.5 Å².